The van der Waals surface area contributed by atoms with Crippen molar-refractivity contribution in [1.82, 2.24) is 10.3 Å². The molecular formula is C17H22N4O4. The molecule has 1 aromatic heterocycles. The summed E-state index contributed by atoms with van der Waals surface area (Å²) in [4.78, 5) is 29.0. The van der Waals surface area contributed by atoms with Crippen LogP contribution in [0.5, 0.6) is 0 Å². The fourth-order valence-corrected chi connectivity index (χ4v) is 2.55. The Labute approximate surface area is 146 Å². The minimum Gasteiger partial charge on any atom is -0.478 e. The van der Waals surface area contributed by atoms with Gasteiger partial charge in [0.05, 0.1) is 16.8 Å². The summed E-state index contributed by atoms with van der Waals surface area (Å²) in [7, 11) is 0. The molecule has 134 valence electrons. The summed E-state index contributed by atoms with van der Waals surface area (Å²) in [6.07, 6.45) is -0.455. The van der Waals surface area contributed by atoms with Crippen LogP contribution in [0.2, 0.25) is 0 Å². The molecule has 0 atom stereocenters. The number of pyridine rings is 1. The number of aryl methyl sites for hydroxylation is 1. The van der Waals surface area contributed by atoms with E-state index < -0.39 is 17.7 Å². The van der Waals surface area contributed by atoms with Gasteiger partial charge in [-0.25, -0.2) is 14.6 Å². The number of alkyl carbamates (subject to hydrolysis) is 1. The van der Waals surface area contributed by atoms with Gasteiger partial charge >= 0.3 is 12.1 Å². The van der Waals surface area contributed by atoms with Crippen LogP contribution in [0.1, 0.15) is 42.4 Å². The zero-order chi connectivity index (χ0) is 18.8. The number of rotatable bonds is 4. The molecule has 1 aliphatic heterocycles. The van der Waals surface area contributed by atoms with E-state index in [2.05, 4.69) is 10.3 Å². The van der Waals surface area contributed by atoms with Crippen molar-refractivity contribution in [3.63, 3.8) is 0 Å². The lowest BCUT2D eigenvalue weighted by Crippen LogP contribution is -2.52. The molecule has 8 heteroatoms. The fraction of sp³-hybridized carbons (Fsp3) is 0.529. The molecule has 1 saturated heterocycles. The molecule has 25 heavy (non-hydrogen) atoms. The Kier molecular flexibility index (Phi) is 5.16. The molecule has 1 amide bonds. The monoisotopic (exact) mass is 346 g/mol. The summed E-state index contributed by atoms with van der Waals surface area (Å²) in [5, 5.41) is 21.1. The van der Waals surface area contributed by atoms with Crippen LogP contribution in [0.4, 0.5) is 10.6 Å². The average Bonchev–Trinajstić information content (AvgIpc) is 2.43. The zero-order valence-electron chi connectivity index (χ0n) is 14.8. The zero-order valence-corrected chi connectivity index (χ0v) is 14.8. The fourth-order valence-electron chi connectivity index (χ4n) is 2.55. The van der Waals surface area contributed by atoms with E-state index in [4.69, 9.17) is 9.84 Å². The van der Waals surface area contributed by atoms with E-state index in [0.717, 1.165) is 0 Å². The number of nitriles is 1. The third-order valence-electron chi connectivity index (χ3n) is 3.73. The summed E-state index contributed by atoms with van der Waals surface area (Å²) in [6.45, 7) is 8.74. The first-order chi connectivity index (χ1) is 11.6. The van der Waals surface area contributed by atoms with Crippen LogP contribution in [-0.2, 0) is 4.74 Å². The van der Waals surface area contributed by atoms with Crippen LogP contribution in [0, 0.1) is 24.2 Å². The molecule has 0 spiro atoms. The number of hydrogen-bond donors (Lipinski definition) is 2. The molecule has 2 rings (SSSR count). The van der Waals surface area contributed by atoms with Crippen molar-refractivity contribution in [2.45, 2.75) is 33.3 Å². The predicted molar refractivity (Wildman–Crippen MR) is 90.6 cm³/mol. The lowest BCUT2D eigenvalue weighted by Gasteiger charge is -2.40. The number of aromatic nitrogens is 1. The number of carboxylic acids is 1. The van der Waals surface area contributed by atoms with Crippen LogP contribution in [-0.4, -0.2) is 47.4 Å². The lowest BCUT2D eigenvalue weighted by atomic mass is 9.99. The van der Waals surface area contributed by atoms with Gasteiger partial charge in [-0.3, -0.25) is 0 Å². The Morgan fingerprint density at radius 3 is 2.64 bits per heavy atom. The first-order valence-electron chi connectivity index (χ1n) is 7.97. The maximum Gasteiger partial charge on any atom is 0.407 e. The van der Waals surface area contributed by atoms with Gasteiger partial charge in [-0.05, 0) is 33.8 Å². The minimum atomic E-state index is -1.10. The summed E-state index contributed by atoms with van der Waals surface area (Å²) < 4.78 is 5.18. The first-order valence-corrected chi connectivity index (χ1v) is 7.97. The second kappa shape index (κ2) is 6.97. The molecule has 1 aliphatic rings. The van der Waals surface area contributed by atoms with Gasteiger partial charge < -0.3 is 20.1 Å². The molecule has 1 fully saturated rings. The number of nitrogens with one attached hydrogen (secondary N) is 1. The molecular weight excluding hydrogens is 324 g/mol. The van der Waals surface area contributed by atoms with E-state index in [9.17, 15) is 14.9 Å². The van der Waals surface area contributed by atoms with E-state index >= 15 is 0 Å². The van der Waals surface area contributed by atoms with Crippen molar-refractivity contribution in [3.8, 4) is 6.07 Å². The SMILES string of the molecule is Cc1nc(N2CC(CNC(=O)OC(C)(C)C)C2)c(C#N)cc1C(=O)O. The maximum atomic E-state index is 11.6. The largest absolute Gasteiger partial charge is 0.478 e. The Balaban J connectivity index is 1.94. The van der Waals surface area contributed by atoms with Gasteiger partial charge in [0.1, 0.15) is 17.5 Å². The second-order valence-electron chi connectivity index (χ2n) is 7.06. The standard InChI is InChI=1S/C17H22N4O4/c1-10-13(15(22)23)5-12(6-18)14(20-10)21-8-11(9-21)7-19-16(24)25-17(2,3)4/h5,11H,7-9H2,1-4H3,(H,19,24)(H,22,23). The maximum absolute atomic E-state index is 11.6. The number of carbonyl (C=O) groups is 2. The molecule has 0 unspecified atom stereocenters. The van der Waals surface area contributed by atoms with E-state index in [0.29, 0.717) is 31.1 Å². The van der Waals surface area contributed by atoms with Crippen LogP contribution in [0.15, 0.2) is 6.07 Å². The molecule has 2 N–H and O–H groups in total. The van der Waals surface area contributed by atoms with E-state index in [1.807, 2.05) is 11.0 Å². The van der Waals surface area contributed by atoms with Gasteiger partial charge in [0.2, 0.25) is 0 Å². The number of aromatic carboxylic acids is 1. The number of carbonyl (C=O) groups excluding carboxylic acids is 1. The number of ether oxygens (including phenoxy) is 1. The van der Waals surface area contributed by atoms with Gasteiger partial charge in [-0.15, -0.1) is 0 Å². The van der Waals surface area contributed by atoms with Gasteiger partial charge in [0, 0.05) is 25.6 Å². The highest BCUT2D eigenvalue weighted by atomic mass is 16.6. The van der Waals surface area contributed by atoms with Gasteiger partial charge in [0.25, 0.3) is 0 Å². The lowest BCUT2D eigenvalue weighted by molar-refractivity contribution is 0.0515. The first kappa shape index (κ1) is 18.5. The van der Waals surface area contributed by atoms with E-state index in [-0.39, 0.29) is 17.0 Å². The number of carboxylic acid groups (broad SMARTS) is 1. The average molecular weight is 346 g/mol. The van der Waals surface area contributed by atoms with E-state index in [1.54, 1.807) is 27.7 Å². The van der Waals surface area contributed by atoms with E-state index in [1.165, 1.54) is 6.07 Å². The summed E-state index contributed by atoms with van der Waals surface area (Å²) in [5.41, 5.74) is 0.104. The number of hydrogen-bond acceptors (Lipinski definition) is 6. The Bertz CT molecular complexity index is 727. The highest BCUT2D eigenvalue weighted by Crippen LogP contribution is 2.27. The number of anilines is 1. The van der Waals surface area contributed by atoms with Crippen molar-refractivity contribution in [2.24, 2.45) is 5.92 Å². The van der Waals surface area contributed by atoms with Crippen molar-refractivity contribution >= 4 is 17.9 Å². The normalized spacial score (nSPS) is 14.4. The van der Waals surface area contributed by atoms with Crippen LogP contribution in [0.25, 0.3) is 0 Å². The molecule has 0 bridgehead atoms. The third-order valence-corrected chi connectivity index (χ3v) is 3.73. The topological polar surface area (TPSA) is 116 Å². The Hall–Kier alpha value is -2.82. The van der Waals surface area contributed by atoms with Crippen molar-refractivity contribution in [3.05, 3.63) is 22.9 Å². The summed E-state index contributed by atoms with van der Waals surface area (Å²) >= 11 is 0. The highest BCUT2D eigenvalue weighted by molar-refractivity contribution is 5.90. The molecule has 0 aliphatic carbocycles. The Morgan fingerprint density at radius 2 is 2.12 bits per heavy atom. The molecule has 2 heterocycles. The number of nitrogens with zero attached hydrogens (tertiary/aromatic N) is 3. The van der Waals surface area contributed by atoms with Crippen molar-refractivity contribution in [1.29, 1.82) is 5.26 Å². The van der Waals surface area contributed by atoms with Crippen LogP contribution >= 0.6 is 0 Å². The quantitative estimate of drug-likeness (QED) is 0.855. The van der Waals surface area contributed by atoms with Gasteiger partial charge in [-0.1, -0.05) is 0 Å². The Morgan fingerprint density at radius 1 is 1.48 bits per heavy atom. The van der Waals surface area contributed by atoms with Gasteiger partial charge in [0.15, 0.2) is 0 Å². The second-order valence-corrected chi connectivity index (χ2v) is 7.06. The smallest absolute Gasteiger partial charge is 0.407 e. The van der Waals surface area contributed by atoms with Crippen LogP contribution < -0.4 is 10.2 Å². The minimum absolute atomic E-state index is 0.0314. The van der Waals surface area contributed by atoms with Gasteiger partial charge in [-0.2, -0.15) is 5.26 Å². The highest BCUT2D eigenvalue weighted by Gasteiger charge is 2.31. The molecule has 1 aromatic rings. The summed E-state index contributed by atoms with van der Waals surface area (Å²) in [6, 6.07) is 3.35. The summed E-state index contributed by atoms with van der Waals surface area (Å²) in [5.74, 6) is -0.394. The molecule has 0 radical (unpaired) electrons. The molecule has 0 saturated carbocycles. The molecule has 8 nitrogen and oxygen atoms in total. The van der Waals surface area contributed by atoms with Crippen molar-refractivity contribution < 1.29 is 19.4 Å². The predicted octanol–water partition coefficient (Wildman–Crippen LogP) is 1.92. The van der Waals surface area contributed by atoms with Crippen molar-refractivity contribution in [2.75, 3.05) is 24.5 Å². The molecule has 0 aromatic carbocycles. The number of amides is 1. The third kappa shape index (κ3) is 4.59. The van der Waals surface area contributed by atoms with Crippen LogP contribution in [0.3, 0.4) is 0 Å².